The van der Waals surface area contributed by atoms with Gasteiger partial charge in [-0.05, 0) is 33.6 Å². The largest absolute Gasteiger partial charge is 0.524 e. The molecule has 0 radical (unpaired) electrons. The lowest BCUT2D eigenvalue weighted by molar-refractivity contribution is -0.122. The van der Waals surface area contributed by atoms with Crippen LogP contribution in [0, 0.1) is 0 Å². The van der Waals surface area contributed by atoms with Crippen LogP contribution < -0.4 is 11.1 Å². The molecule has 0 fully saturated rings. The van der Waals surface area contributed by atoms with E-state index in [-0.39, 0.29) is 24.4 Å². The maximum atomic E-state index is 12.0. The molecule has 0 rings (SSSR count). The molecule has 0 aliphatic carbocycles. The summed E-state index contributed by atoms with van der Waals surface area (Å²) in [5, 5.41) is 2.93. The maximum Gasteiger partial charge on any atom is 0.524 e. The molecule has 1 unspecified atom stereocenters. The molecule has 0 spiro atoms. The number of carbonyl (C=O) groups excluding carboxylic acids is 2. The molecular weight excluding hydrogens is 304 g/mol. The SMILES string of the molecule is CCO[Si](OCC)(OCC)C(CC)NC(=O)CCCC(N)=O. The van der Waals surface area contributed by atoms with Crippen molar-refractivity contribution in [1.29, 1.82) is 0 Å². The van der Waals surface area contributed by atoms with Crippen molar-refractivity contribution in [2.75, 3.05) is 19.8 Å². The Bertz CT molecular complexity index is 324. The predicted octanol–water partition coefficient (Wildman–Crippen LogP) is 1.12. The molecule has 0 saturated heterocycles. The van der Waals surface area contributed by atoms with E-state index in [1.807, 2.05) is 27.7 Å². The highest BCUT2D eigenvalue weighted by molar-refractivity contribution is 6.62. The minimum Gasteiger partial charge on any atom is -0.373 e. The summed E-state index contributed by atoms with van der Waals surface area (Å²) in [7, 11) is -2.97. The fraction of sp³-hybridized carbons (Fsp3) is 0.857. The van der Waals surface area contributed by atoms with Crippen LogP contribution in [0.15, 0.2) is 0 Å². The number of hydrogen-bond donors (Lipinski definition) is 2. The first-order chi connectivity index (χ1) is 10.5. The molecule has 130 valence electrons. The van der Waals surface area contributed by atoms with Crippen LogP contribution in [0.25, 0.3) is 0 Å². The second kappa shape index (κ2) is 11.6. The molecule has 0 aromatic rings. The van der Waals surface area contributed by atoms with E-state index in [1.54, 1.807) is 0 Å². The van der Waals surface area contributed by atoms with Gasteiger partial charge in [0.2, 0.25) is 11.8 Å². The van der Waals surface area contributed by atoms with Crippen molar-refractivity contribution in [3.8, 4) is 0 Å². The van der Waals surface area contributed by atoms with Crippen molar-refractivity contribution in [3.05, 3.63) is 0 Å². The summed E-state index contributed by atoms with van der Waals surface area (Å²) in [6.45, 7) is 8.96. The van der Waals surface area contributed by atoms with Crippen LogP contribution in [0.2, 0.25) is 0 Å². The van der Waals surface area contributed by atoms with Crippen molar-refractivity contribution in [2.24, 2.45) is 5.73 Å². The monoisotopic (exact) mass is 334 g/mol. The van der Waals surface area contributed by atoms with Gasteiger partial charge in [-0.1, -0.05) is 6.92 Å². The number of hydrogen-bond acceptors (Lipinski definition) is 5. The van der Waals surface area contributed by atoms with E-state index < -0.39 is 14.7 Å². The highest BCUT2D eigenvalue weighted by Gasteiger charge is 2.49. The normalized spacial score (nSPS) is 12.9. The number of carbonyl (C=O) groups is 2. The maximum absolute atomic E-state index is 12.0. The van der Waals surface area contributed by atoms with Gasteiger partial charge >= 0.3 is 8.80 Å². The lowest BCUT2D eigenvalue weighted by atomic mass is 10.2. The molecule has 1 atom stereocenters. The van der Waals surface area contributed by atoms with Gasteiger partial charge in [-0.25, -0.2) is 0 Å². The Morgan fingerprint density at radius 1 is 1.00 bits per heavy atom. The van der Waals surface area contributed by atoms with Crippen molar-refractivity contribution in [1.82, 2.24) is 5.32 Å². The molecule has 0 saturated carbocycles. The molecule has 0 aromatic heterocycles. The Kier molecular flexibility index (Phi) is 11.1. The second-order valence-electron chi connectivity index (χ2n) is 4.75. The highest BCUT2D eigenvalue weighted by atomic mass is 28.4. The molecule has 2 amide bonds. The minimum absolute atomic E-state index is 0.149. The van der Waals surface area contributed by atoms with Crippen molar-refractivity contribution in [2.45, 2.75) is 59.0 Å². The van der Waals surface area contributed by atoms with Crippen LogP contribution in [0.3, 0.4) is 0 Å². The van der Waals surface area contributed by atoms with Gasteiger partial charge in [0.15, 0.2) is 0 Å². The molecule has 7 nitrogen and oxygen atoms in total. The van der Waals surface area contributed by atoms with E-state index in [2.05, 4.69) is 5.32 Å². The van der Waals surface area contributed by atoms with Crippen molar-refractivity contribution in [3.63, 3.8) is 0 Å². The van der Waals surface area contributed by atoms with Gasteiger partial charge in [-0.15, -0.1) is 0 Å². The van der Waals surface area contributed by atoms with Gasteiger partial charge in [0.1, 0.15) is 0 Å². The zero-order valence-corrected chi connectivity index (χ0v) is 15.1. The second-order valence-corrected chi connectivity index (χ2v) is 7.52. The van der Waals surface area contributed by atoms with Gasteiger partial charge in [-0.2, -0.15) is 0 Å². The van der Waals surface area contributed by atoms with Gasteiger partial charge in [0.05, 0.1) is 5.67 Å². The molecule has 0 aliphatic heterocycles. The molecule has 3 N–H and O–H groups in total. The lowest BCUT2D eigenvalue weighted by Gasteiger charge is -2.35. The number of amides is 2. The first-order valence-corrected chi connectivity index (χ1v) is 9.75. The molecule has 0 aliphatic rings. The summed E-state index contributed by atoms with van der Waals surface area (Å²) in [5.41, 5.74) is 4.77. The summed E-state index contributed by atoms with van der Waals surface area (Å²) in [6, 6.07) is 0. The van der Waals surface area contributed by atoms with Gasteiger partial charge in [0.25, 0.3) is 0 Å². The van der Waals surface area contributed by atoms with E-state index >= 15 is 0 Å². The van der Waals surface area contributed by atoms with Crippen LogP contribution in [-0.4, -0.2) is 46.1 Å². The lowest BCUT2D eigenvalue weighted by Crippen LogP contribution is -2.62. The molecule has 0 aromatic carbocycles. The zero-order valence-electron chi connectivity index (χ0n) is 14.1. The summed E-state index contributed by atoms with van der Waals surface area (Å²) < 4.78 is 17.4. The molecule has 0 heterocycles. The van der Waals surface area contributed by atoms with Crippen LogP contribution in [-0.2, 0) is 22.9 Å². The number of primary amides is 1. The summed E-state index contributed by atoms with van der Waals surface area (Å²) in [5.74, 6) is -0.550. The van der Waals surface area contributed by atoms with Gasteiger partial charge in [-0.3, -0.25) is 9.59 Å². The Morgan fingerprint density at radius 2 is 1.50 bits per heavy atom. The van der Waals surface area contributed by atoms with Crippen LogP contribution in [0.5, 0.6) is 0 Å². The first kappa shape index (κ1) is 21.0. The minimum atomic E-state index is -2.97. The third-order valence-corrected chi connectivity index (χ3v) is 6.51. The van der Waals surface area contributed by atoms with Crippen LogP contribution in [0.4, 0.5) is 0 Å². The predicted molar refractivity (Wildman–Crippen MR) is 85.9 cm³/mol. The number of nitrogens with one attached hydrogen (secondary N) is 1. The topological polar surface area (TPSA) is 99.9 Å². The van der Waals surface area contributed by atoms with E-state index in [0.717, 1.165) is 0 Å². The fourth-order valence-corrected chi connectivity index (χ4v) is 5.06. The smallest absolute Gasteiger partial charge is 0.373 e. The van der Waals surface area contributed by atoms with Crippen molar-refractivity contribution >= 4 is 20.6 Å². The molecule has 22 heavy (non-hydrogen) atoms. The number of nitrogens with two attached hydrogens (primary N) is 1. The zero-order chi connectivity index (χ0) is 17.0. The average molecular weight is 334 g/mol. The Morgan fingerprint density at radius 3 is 1.86 bits per heavy atom. The standard InChI is InChI=1S/C14H30N2O5Si/c1-5-14(16-13(18)11-9-10-12(15)17)22(19-6-2,20-7-3)21-8-4/h14H,5-11H2,1-4H3,(H2,15,17)(H,16,18). The average Bonchev–Trinajstić information content (AvgIpc) is 2.45. The van der Waals surface area contributed by atoms with Crippen molar-refractivity contribution < 1.29 is 22.9 Å². The third-order valence-electron chi connectivity index (χ3n) is 3.03. The first-order valence-electron chi connectivity index (χ1n) is 7.95. The van der Waals surface area contributed by atoms with Crippen LogP contribution in [0.1, 0.15) is 53.4 Å². The highest BCUT2D eigenvalue weighted by Crippen LogP contribution is 2.18. The Balaban J connectivity index is 4.82. The third kappa shape index (κ3) is 7.35. The molecule has 0 bridgehead atoms. The Hall–Kier alpha value is -0.963. The van der Waals surface area contributed by atoms with Gasteiger partial charge < -0.3 is 24.3 Å². The number of rotatable bonds is 13. The Labute approximate surface area is 134 Å². The summed E-state index contributed by atoms with van der Waals surface area (Å²) in [6.07, 6.45) is 1.53. The van der Waals surface area contributed by atoms with E-state index in [0.29, 0.717) is 32.7 Å². The fourth-order valence-electron chi connectivity index (χ4n) is 2.16. The molecular formula is C14H30N2O5Si. The molecule has 8 heteroatoms. The van der Waals surface area contributed by atoms with E-state index in [9.17, 15) is 9.59 Å². The van der Waals surface area contributed by atoms with E-state index in [4.69, 9.17) is 19.0 Å². The quantitative estimate of drug-likeness (QED) is 0.492. The van der Waals surface area contributed by atoms with Gasteiger partial charge in [0, 0.05) is 32.7 Å². The summed E-state index contributed by atoms with van der Waals surface area (Å²) >= 11 is 0. The van der Waals surface area contributed by atoms with E-state index in [1.165, 1.54) is 0 Å². The summed E-state index contributed by atoms with van der Waals surface area (Å²) in [4.78, 5) is 22.8. The van der Waals surface area contributed by atoms with Crippen LogP contribution >= 0.6 is 0 Å².